The molecular weight excluding hydrogens is 132 g/mol. The maximum absolute atomic E-state index is 10.6. The van der Waals surface area contributed by atoms with Crippen molar-refractivity contribution in [3.63, 3.8) is 0 Å². The molecule has 0 saturated carbocycles. The summed E-state index contributed by atoms with van der Waals surface area (Å²) in [7, 11) is 0. The SMILES string of the molecule is CCC(=O)CCCC(=O)O. The van der Waals surface area contributed by atoms with Crippen LogP contribution in [0.1, 0.15) is 32.6 Å². The fourth-order valence-electron chi connectivity index (χ4n) is 0.614. The average Bonchev–Trinajstić information content (AvgIpc) is 1.87. The van der Waals surface area contributed by atoms with Gasteiger partial charge in [-0.2, -0.15) is 0 Å². The van der Waals surface area contributed by atoms with Crippen LogP contribution in [0.5, 0.6) is 0 Å². The molecule has 0 aromatic rings. The molecule has 0 unspecified atom stereocenters. The lowest BCUT2D eigenvalue weighted by Crippen LogP contribution is -1.99. The topological polar surface area (TPSA) is 54.4 Å². The standard InChI is InChI=1S/C7H12O3/c1-2-6(8)4-3-5-7(9)10/h2-5H2,1H3,(H,9,10). The Kier molecular flexibility index (Phi) is 4.54. The molecule has 0 saturated heterocycles. The van der Waals surface area contributed by atoms with Crippen LogP contribution in [0.4, 0.5) is 0 Å². The Morgan fingerprint density at radius 2 is 1.90 bits per heavy atom. The highest BCUT2D eigenvalue weighted by Gasteiger charge is 2.00. The first-order valence-corrected chi connectivity index (χ1v) is 3.40. The third-order valence-corrected chi connectivity index (χ3v) is 1.24. The molecule has 0 aliphatic heterocycles. The van der Waals surface area contributed by atoms with Gasteiger partial charge in [0.25, 0.3) is 0 Å². The van der Waals surface area contributed by atoms with Crippen LogP contribution in [0.15, 0.2) is 0 Å². The van der Waals surface area contributed by atoms with Gasteiger partial charge in [-0.15, -0.1) is 0 Å². The second kappa shape index (κ2) is 4.97. The van der Waals surface area contributed by atoms with Crippen LogP contribution in [-0.4, -0.2) is 16.9 Å². The van der Waals surface area contributed by atoms with E-state index in [1.807, 2.05) is 0 Å². The molecule has 0 fully saturated rings. The Hall–Kier alpha value is -0.860. The van der Waals surface area contributed by atoms with E-state index < -0.39 is 5.97 Å². The lowest BCUT2D eigenvalue weighted by molar-refractivity contribution is -0.137. The highest BCUT2D eigenvalue weighted by Crippen LogP contribution is 1.98. The minimum absolute atomic E-state index is 0.103. The number of ketones is 1. The van der Waals surface area contributed by atoms with E-state index in [2.05, 4.69) is 0 Å². The Labute approximate surface area is 60.0 Å². The summed E-state index contributed by atoms with van der Waals surface area (Å²) in [6.07, 6.45) is 1.50. The molecule has 0 aliphatic carbocycles. The van der Waals surface area contributed by atoms with Gasteiger partial charge in [-0.3, -0.25) is 9.59 Å². The molecule has 3 heteroatoms. The average molecular weight is 144 g/mol. The number of rotatable bonds is 5. The van der Waals surface area contributed by atoms with Crippen molar-refractivity contribution in [2.24, 2.45) is 0 Å². The largest absolute Gasteiger partial charge is 0.481 e. The lowest BCUT2D eigenvalue weighted by atomic mass is 10.1. The van der Waals surface area contributed by atoms with Crippen molar-refractivity contribution in [1.82, 2.24) is 0 Å². The number of carbonyl (C=O) groups is 2. The summed E-state index contributed by atoms with van der Waals surface area (Å²) >= 11 is 0. The molecule has 0 bridgehead atoms. The van der Waals surface area contributed by atoms with Gasteiger partial charge >= 0.3 is 5.97 Å². The molecule has 0 spiro atoms. The highest BCUT2D eigenvalue weighted by molar-refractivity contribution is 5.78. The summed E-state index contributed by atoms with van der Waals surface area (Å²) in [5.74, 6) is -0.690. The van der Waals surface area contributed by atoms with E-state index in [4.69, 9.17) is 5.11 Å². The summed E-state index contributed by atoms with van der Waals surface area (Å²) in [5, 5.41) is 8.19. The van der Waals surface area contributed by atoms with Gasteiger partial charge in [0.05, 0.1) is 0 Å². The zero-order valence-electron chi connectivity index (χ0n) is 6.09. The summed E-state index contributed by atoms with van der Waals surface area (Å²) in [5.41, 5.74) is 0. The normalized spacial score (nSPS) is 9.30. The van der Waals surface area contributed by atoms with Crippen LogP contribution >= 0.6 is 0 Å². The number of hydrogen-bond donors (Lipinski definition) is 1. The van der Waals surface area contributed by atoms with Crippen molar-refractivity contribution in [3.05, 3.63) is 0 Å². The van der Waals surface area contributed by atoms with Crippen molar-refractivity contribution < 1.29 is 14.7 Å². The molecule has 0 aromatic heterocycles. The van der Waals surface area contributed by atoms with E-state index in [1.165, 1.54) is 0 Å². The van der Waals surface area contributed by atoms with Crippen molar-refractivity contribution in [2.75, 3.05) is 0 Å². The van der Waals surface area contributed by atoms with E-state index in [9.17, 15) is 9.59 Å². The van der Waals surface area contributed by atoms with Crippen LogP contribution in [-0.2, 0) is 9.59 Å². The molecule has 58 valence electrons. The van der Waals surface area contributed by atoms with Gasteiger partial charge in [-0.05, 0) is 6.42 Å². The number of carbonyl (C=O) groups excluding carboxylic acids is 1. The fourth-order valence-corrected chi connectivity index (χ4v) is 0.614. The summed E-state index contributed by atoms with van der Waals surface area (Å²) < 4.78 is 0. The van der Waals surface area contributed by atoms with Crippen molar-refractivity contribution in [2.45, 2.75) is 32.6 Å². The maximum Gasteiger partial charge on any atom is 0.303 e. The van der Waals surface area contributed by atoms with Gasteiger partial charge in [0.15, 0.2) is 0 Å². The van der Waals surface area contributed by atoms with Gasteiger partial charge in [-0.1, -0.05) is 6.92 Å². The monoisotopic (exact) mass is 144 g/mol. The number of carboxylic acid groups (broad SMARTS) is 1. The first-order valence-electron chi connectivity index (χ1n) is 3.40. The van der Waals surface area contributed by atoms with Crippen LogP contribution in [0.2, 0.25) is 0 Å². The first-order chi connectivity index (χ1) is 4.66. The Balaban J connectivity index is 3.20. The molecule has 1 N–H and O–H groups in total. The molecule has 10 heavy (non-hydrogen) atoms. The number of hydrogen-bond acceptors (Lipinski definition) is 2. The van der Waals surface area contributed by atoms with Crippen molar-refractivity contribution in [3.8, 4) is 0 Å². The Morgan fingerprint density at radius 1 is 1.30 bits per heavy atom. The summed E-state index contributed by atoms with van der Waals surface area (Å²) in [6.45, 7) is 1.78. The predicted molar refractivity (Wildman–Crippen MR) is 36.8 cm³/mol. The van der Waals surface area contributed by atoms with Gasteiger partial charge < -0.3 is 5.11 Å². The minimum Gasteiger partial charge on any atom is -0.481 e. The molecule has 0 atom stereocenters. The van der Waals surface area contributed by atoms with E-state index in [-0.39, 0.29) is 12.2 Å². The fraction of sp³-hybridized carbons (Fsp3) is 0.714. The zero-order chi connectivity index (χ0) is 7.98. The quantitative estimate of drug-likeness (QED) is 0.631. The third-order valence-electron chi connectivity index (χ3n) is 1.24. The van der Waals surface area contributed by atoms with Crippen LogP contribution in [0.3, 0.4) is 0 Å². The van der Waals surface area contributed by atoms with Crippen molar-refractivity contribution in [1.29, 1.82) is 0 Å². The van der Waals surface area contributed by atoms with E-state index in [0.717, 1.165) is 0 Å². The van der Waals surface area contributed by atoms with E-state index in [1.54, 1.807) is 6.92 Å². The molecule has 0 aromatic carbocycles. The second-order valence-electron chi connectivity index (χ2n) is 2.14. The summed E-state index contributed by atoms with van der Waals surface area (Å²) in [4.78, 5) is 20.6. The number of aliphatic carboxylic acids is 1. The molecule has 3 nitrogen and oxygen atoms in total. The minimum atomic E-state index is -0.830. The van der Waals surface area contributed by atoms with Gasteiger partial charge in [0, 0.05) is 19.3 Å². The smallest absolute Gasteiger partial charge is 0.303 e. The Bertz CT molecular complexity index is 129. The van der Waals surface area contributed by atoms with Gasteiger partial charge in [0.1, 0.15) is 5.78 Å². The Morgan fingerprint density at radius 3 is 2.30 bits per heavy atom. The number of carboxylic acids is 1. The first kappa shape index (κ1) is 9.14. The van der Waals surface area contributed by atoms with Crippen LogP contribution in [0.25, 0.3) is 0 Å². The van der Waals surface area contributed by atoms with Crippen LogP contribution < -0.4 is 0 Å². The molecule has 0 rings (SSSR count). The van der Waals surface area contributed by atoms with Crippen LogP contribution in [0, 0.1) is 0 Å². The molecule has 0 radical (unpaired) electrons. The van der Waals surface area contributed by atoms with Gasteiger partial charge in [-0.25, -0.2) is 0 Å². The second-order valence-corrected chi connectivity index (χ2v) is 2.14. The zero-order valence-corrected chi connectivity index (χ0v) is 6.09. The third kappa shape index (κ3) is 5.28. The summed E-state index contributed by atoms with van der Waals surface area (Å²) in [6, 6.07) is 0. The molecule has 0 heterocycles. The van der Waals surface area contributed by atoms with Crippen molar-refractivity contribution >= 4 is 11.8 Å². The molecular formula is C7H12O3. The number of Topliss-reactive ketones (excluding diaryl/α,β-unsaturated/α-hetero) is 1. The molecule has 0 amide bonds. The van der Waals surface area contributed by atoms with E-state index in [0.29, 0.717) is 19.3 Å². The lowest BCUT2D eigenvalue weighted by Gasteiger charge is -1.93. The van der Waals surface area contributed by atoms with E-state index >= 15 is 0 Å². The van der Waals surface area contributed by atoms with Gasteiger partial charge in [0.2, 0.25) is 0 Å². The maximum atomic E-state index is 10.6. The predicted octanol–water partition coefficient (Wildman–Crippen LogP) is 1.22. The highest BCUT2D eigenvalue weighted by atomic mass is 16.4. The molecule has 0 aliphatic rings.